The number of thiazole rings is 1. The molecular formula is C17H17N5O2S. The number of carbonyl (C=O) groups is 1. The van der Waals surface area contributed by atoms with Gasteiger partial charge in [-0.05, 0) is 32.9 Å². The van der Waals surface area contributed by atoms with Crippen molar-refractivity contribution in [1.29, 1.82) is 0 Å². The van der Waals surface area contributed by atoms with E-state index in [0.29, 0.717) is 22.2 Å². The van der Waals surface area contributed by atoms with Gasteiger partial charge in [0.15, 0.2) is 5.13 Å². The number of rotatable bonds is 4. The highest BCUT2D eigenvalue weighted by molar-refractivity contribution is 7.19. The Labute approximate surface area is 148 Å². The Balaban J connectivity index is 1.78. The van der Waals surface area contributed by atoms with Crippen LogP contribution in [0.5, 0.6) is 0 Å². The van der Waals surface area contributed by atoms with Crippen LogP contribution < -0.4 is 10.9 Å². The van der Waals surface area contributed by atoms with E-state index in [2.05, 4.69) is 25.3 Å². The van der Waals surface area contributed by atoms with Crippen LogP contribution in [-0.2, 0) is 11.2 Å². The Kier molecular flexibility index (Phi) is 4.71. The molecule has 0 atom stereocenters. The molecule has 0 radical (unpaired) electrons. The average molecular weight is 355 g/mol. The summed E-state index contributed by atoms with van der Waals surface area (Å²) in [5.74, 6) is 0.225. The molecule has 0 saturated heterocycles. The van der Waals surface area contributed by atoms with E-state index in [0.717, 1.165) is 16.3 Å². The molecule has 25 heavy (non-hydrogen) atoms. The van der Waals surface area contributed by atoms with E-state index in [1.54, 1.807) is 20.0 Å². The molecule has 0 aliphatic heterocycles. The molecule has 128 valence electrons. The maximum Gasteiger partial charge on any atom is 0.254 e. The quantitative estimate of drug-likeness (QED) is 0.748. The average Bonchev–Trinajstić information content (AvgIpc) is 2.92. The number of anilines is 1. The predicted octanol–water partition coefficient (Wildman–Crippen LogP) is 2.39. The van der Waals surface area contributed by atoms with E-state index in [4.69, 9.17) is 0 Å². The number of amides is 1. The van der Waals surface area contributed by atoms with Crippen LogP contribution in [0.3, 0.4) is 0 Å². The van der Waals surface area contributed by atoms with Crippen LogP contribution in [0.2, 0.25) is 0 Å². The largest absolute Gasteiger partial charge is 0.311 e. The third-order valence-corrected chi connectivity index (χ3v) is 4.71. The first-order valence-corrected chi connectivity index (χ1v) is 8.51. The van der Waals surface area contributed by atoms with Crippen molar-refractivity contribution in [1.82, 2.24) is 19.9 Å². The van der Waals surface area contributed by atoms with Crippen molar-refractivity contribution in [3.8, 4) is 10.6 Å². The van der Waals surface area contributed by atoms with Gasteiger partial charge in [-0.1, -0.05) is 17.4 Å². The SMILES string of the molecule is Cc1nc(C)c(CC(=O)Nc2nc(C)c(-c3ccccn3)s2)c(=O)[nH]1. The molecule has 2 N–H and O–H groups in total. The van der Waals surface area contributed by atoms with Gasteiger partial charge in [-0.3, -0.25) is 14.6 Å². The molecule has 0 aliphatic rings. The van der Waals surface area contributed by atoms with Gasteiger partial charge < -0.3 is 10.3 Å². The maximum atomic E-state index is 12.3. The smallest absolute Gasteiger partial charge is 0.254 e. The summed E-state index contributed by atoms with van der Waals surface area (Å²) in [5, 5.41) is 3.23. The molecule has 3 aromatic heterocycles. The second-order valence-corrected chi connectivity index (χ2v) is 6.59. The fraction of sp³-hybridized carbons (Fsp3) is 0.235. The third kappa shape index (κ3) is 3.80. The summed E-state index contributed by atoms with van der Waals surface area (Å²) in [5.41, 5.74) is 2.24. The minimum absolute atomic E-state index is 0.0496. The highest BCUT2D eigenvalue weighted by Crippen LogP contribution is 2.31. The number of aromatic amines is 1. The van der Waals surface area contributed by atoms with Gasteiger partial charge >= 0.3 is 0 Å². The number of H-pyrrole nitrogens is 1. The van der Waals surface area contributed by atoms with Gasteiger partial charge in [0.05, 0.1) is 22.7 Å². The van der Waals surface area contributed by atoms with Crippen molar-refractivity contribution in [3.05, 3.63) is 57.5 Å². The number of nitrogens with one attached hydrogen (secondary N) is 2. The lowest BCUT2D eigenvalue weighted by Crippen LogP contribution is -2.24. The van der Waals surface area contributed by atoms with Gasteiger partial charge in [0.2, 0.25) is 5.91 Å². The molecule has 3 rings (SSSR count). The zero-order valence-corrected chi connectivity index (χ0v) is 14.9. The van der Waals surface area contributed by atoms with Crippen LogP contribution in [0.15, 0.2) is 29.2 Å². The van der Waals surface area contributed by atoms with Crippen molar-refractivity contribution in [3.63, 3.8) is 0 Å². The highest BCUT2D eigenvalue weighted by atomic mass is 32.1. The number of pyridine rings is 1. The molecule has 3 heterocycles. The normalized spacial score (nSPS) is 10.7. The molecule has 3 aromatic rings. The molecular weight excluding hydrogens is 338 g/mol. The summed E-state index contributed by atoms with van der Waals surface area (Å²) in [7, 11) is 0. The first-order valence-electron chi connectivity index (χ1n) is 7.69. The maximum absolute atomic E-state index is 12.3. The Hall–Kier alpha value is -2.87. The van der Waals surface area contributed by atoms with E-state index >= 15 is 0 Å². The van der Waals surface area contributed by atoms with Crippen LogP contribution in [0, 0.1) is 20.8 Å². The van der Waals surface area contributed by atoms with Crippen molar-refractivity contribution >= 4 is 22.4 Å². The molecule has 0 aliphatic carbocycles. The van der Waals surface area contributed by atoms with Crippen LogP contribution in [0.4, 0.5) is 5.13 Å². The first-order chi connectivity index (χ1) is 11.9. The van der Waals surface area contributed by atoms with Crippen molar-refractivity contribution in [2.24, 2.45) is 0 Å². The molecule has 7 nitrogen and oxygen atoms in total. The first kappa shape index (κ1) is 17.0. The third-order valence-electron chi connectivity index (χ3n) is 3.62. The molecule has 0 spiro atoms. The summed E-state index contributed by atoms with van der Waals surface area (Å²) < 4.78 is 0. The van der Waals surface area contributed by atoms with E-state index in [1.807, 2.05) is 25.1 Å². The van der Waals surface area contributed by atoms with E-state index in [-0.39, 0.29) is 17.9 Å². The summed E-state index contributed by atoms with van der Waals surface area (Å²) in [4.78, 5) is 40.7. The zero-order valence-electron chi connectivity index (χ0n) is 14.1. The number of aromatic nitrogens is 4. The van der Waals surface area contributed by atoms with E-state index in [9.17, 15) is 9.59 Å². The molecule has 0 unspecified atom stereocenters. The second kappa shape index (κ2) is 6.94. The van der Waals surface area contributed by atoms with Gasteiger partial charge in [-0.2, -0.15) is 0 Å². The Morgan fingerprint density at radius 2 is 2.00 bits per heavy atom. The summed E-state index contributed by atoms with van der Waals surface area (Å²) in [6.45, 7) is 5.29. The topological polar surface area (TPSA) is 101 Å². The minimum atomic E-state index is -0.305. The fourth-order valence-electron chi connectivity index (χ4n) is 2.47. The number of hydrogen-bond acceptors (Lipinski definition) is 6. The van der Waals surface area contributed by atoms with Gasteiger partial charge in [0.25, 0.3) is 5.56 Å². The lowest BCUT2D eigenvalue weighted by atomic mass is 10.1. The van der Waals surface area contributed by atoms with Crippen molar-refractivity contribution in [2.45, 2.75) is 27.2 Å². The van der Waals surface area contributed by atoms with Crippen molar-refractivity contribution in [2.75, 3.05) is 5.32 Å². The predicted molar refractivity (Wildman–Crippen MR) is 96.7 cm³/mol. The zero-order chi connectivity index (χ0) is 18.0. The van der Waals surface area contributed by atoms with Gasteiger partial charge in [0, 0.05) is 17.5 Å². The monoisotopic (exact) mass is 355 g/mol. The number of carbonyl (C=O) groups excluding carboxylic acids is 1. The molecule has 8 heteroatoms. The molecule has 0 bridgehead atoms. The summed E-state index contributed by atoms with van der Waals surface area (Å²) in [6, 6.07) is 5.64. The number of hydrogen-bond donors (Lipinski definition) is 2. The number of nitrogens with zero attached hydrogens (tertiary/aromatic N) is 3. The Morgan fingerprint density at radius 3 is 2.68 bits per heavy atom. The minimum Gasteiger partial charge on any atom is -0.311 e. The Bertz CT molecular complexity index is 978. The summed E-state index contributed by atoms with van der Waals surface area (Å²) in [6.07, 6.45) is 1.66. The van der Waals surface area contributed by atoms with Crippen LogP contribution in [-0.4, -0.2) is 25.8 Å². The highest BCUT2D eigenvalue weighted by Gasteiger charge is 2.15. The second-order valence-electron chi connectivity index (χ2n) is 5.59. The fourth-order valence-corrected chi connectivity index (χ4v) is 3.43. The molecule has 0 saturated carbocycles. The summed E-state index contributed by atoms with van der Waals surface area (Å²) >= 11 is 1.36. The van der Waals surface area contributed by atoms with Crippen LogP contribution in [0.25, 0.3) is 10.6 Å². The lowest BCUT2D eigenvalue weighted by molar-refractivity contribution is -0.115. The Morgan fingerprint density at radius 1 is 1.20 bits per heavy atom. The molecule has 1 amide bonds. The van der Waals surface area contributed by atoms with Gasteiger partial charge in [-0.25, -0.2) is 9.97 Å². The van der Waals surface area contributed by atoms with Crippen molar-refractivity contribution < 1.29 is 4.79 Å². The van der Waals surface area contributed by atoms with Crippen LogP contribution >= 0.6 is 11.3 Å². The van der Waals surface area contributed by atoms with Gasteiger partial charge in [-0.15, -0.1) is 0 Å². The lowest BCUT2D eigenvalue weighted by Gasteiger charge is -2.05. The molecule has 0 fully saturated rings. The molecule has 0 aromatic carbocycles. The number of aryl methyl sites for hydroxylation is 3. The standard InChI is InChI=1S/C17H17N5O2S/c1-9-12(16(24)21-11(3)19-9)8-14(23)22-17-20-10(2)15(25-17)13-6-4-5-7-18-13/h4-7H,8H2,1-3H3,(H,19,21,24)(H,20,22,23). The van der Waals surface area contributed by atoms with E-state index < -0.39 is 0 Å². The van der Waals surface area contributed by atoms with Gasteiger partial charge in [0.1, 0.15) is 5.82 Å². The van der Waals surface area contributed by atoms with E-state index in [1.165, 1.54) is 11.3 Å². The van der Waals surface area contributed by atoms with Crippen LogP contribution in [0.1, 0.15) is 22.8 Å².